The lowest BCUT2D eigenvalue weighted by molar-refractivity contribution is -0.162. The molecule has 0 saturated heterocycles. The van der Waals surface area contributed by atoms with E-state index in [-0.39, 0.29) is 57.1 Å². The monoisotopic (exact) mass is 909 g/mol. The number of rotatable bonds is 42. The minimum Gasteiger partial charge on any atom is -0.462 e. The molecule has 0 rings (SSSR count). The molecule has 0 aliphatic rings. The first-order valence-electron chi connectivity index (χ1n) is 22.2. The van der Waals surface area contributed by atoms with Crippen LogP contribution in [0.3, 0.4) is 0 Å². The van der Waals surface area contributed by atoms with Crippen molar-refractivity contribution in [3.05, 3.63) is 0 Å². The van der Waals surface area contributed by atoms with Gasteiger partial charge in [-0.1, -0.05) is 142 Å². The van der Waals surface area contributed by atoms with Crippen molar-refractivity contribution in [3.8, 4) is 0 Å². The molecule has 59 heavy (non-hydrogen) atoms. The molecule has 3 N–H and O–H groups in total. The summed E-state index contributed by atoms with van der Waals surface area (Å²) in [4.78, 5) is 60.1. The van der Waals surface area contributed by atoms with E-state index in [1.165, 1.54) is 89.9 Å². The summed E-state index contributed by atoms with van der Waals surface area (Å²) in [5.74, 6) is -2.16. The van der Waals surface area contributed by atoms with Gasteiger partial charge in [-0.25, -0.2) is 4.57 Å². The van der Waals surface area contributed by atoms with Crippen molar-refractivity contribution in [2.45, 2.75) is 193 Å². The SMILES string of the molecule is CCCCCCCCCCCCCC(=O)OC[C@H](COP(=O)(O)OCC(COC(=O)CCNC)OC(=O)CCNC)OC(=O)CCCCCCCCCCCCC.Cl.Cl. The first-order valence-corrected chi connectivity index (χ1v) is 23.7. The smallest absolute Gasteiger partial charge is 0.462 e. The summed E-state index contributed by atoms with van der Waals surface area (Å²) in [6.07, 6.45) is 23.3. The van der Waals surface area contributed by atoms with E-state index in [0.717, 1.165) is 38.5 Å². The second kappa shape index (κ2) is 44.5. The maximum absolute atomic E-state index is 12.9. The van der Waals surface area contributed by atoms with Crippen molar-refractivity contribution in [3.63, 3.8) is 0 Å². The highest BCUT2D eigenvalue weighted by Gasteiger charge is 2.29. The van der Waals surface area contributed by atoms with Gasteiger partial charge in [0.05, 0.1) is 26.1 Å². The number of unbranched alkanes of at least 4 members (excludes halogenated alkanes) is 20. The summed E-state index contributed by atoms with van der Waals surface area (Å²) in [5, 5.41) is 5.64. The Morgan fingerprint density at radius 3 is 1.10 bits per heavy atom. The maximum Gasteiger partial charge on any atom is 0.472 e. The summed E-state index contributed by atoms with van der Waals surface area (Å²) in [6, 6.07) is 0. The van der Waals surface area contributed by atoms with Crippen molar-refractivity contribution in [1.29, 1.82) is 0 Å². The lowest BCUT2D eigenvalue weighted by Gasteiger charge is -2.22. The van der Waals surface area contributed by atoms with Crippen LogP contribution in [0.25, 0.3) is 0 Å². The van der Waals surface area contributed by atoms with Gasteiger partial charge in [-0.15, -0.1) is 24.8 Å². The Morgan fingerprint density at radius 1 is 0.458 bits per heavy atom. The predicted octanol–water partition coefficient (Wildman–Crippen LogP) is 9.49. The molecule has 0 heterocycles. The summed E-state index contributed by atoms with van der Waals surface area (Å²) < 4.78 is 44.6. The Balaban J connectivity index is -0.0000157. The van der Waals surface area contributed by atoms with Crippen molar-refractivity contribution in [1.82, 2.24) is 10.6 Å². The van der Waals surface area contributed by atoms with Crippen LogP contribution >= 0.6 is 32.6 Å². The molecule has 0 saturated carbocycles. The molecule has 0 aromatic carbocycles. The topological polar surface area (TPSA) is 185 Å². The van der Waals surface area contributed by atoms with Crippen LogP contribution < -0.4 is 10.6 Å². The highest BCUT2D eigenvalue weighted by molar-refractivity contribution is 7.47. The van der Waals surface area contributed by atoms with Gasteiger partial charge in [-0.05, 0) is 26.9 Å². The number of esters is 4. The molecule has 0 aromatic heterocycles. The second-order valence-corrected chi connectivity index (χ2v) is 16.4. The number of hydrogen-bond acceptors (Lipinski definition) is 13. The van der Waals surface area contributed by atoms with Crippen LogP contribution in [0.5, 0.6) is 0 Å². The van der Waals surface area contributed by atoms with Crippen LogP contribution in [0, 0.1) is 0 Å². The van der Waals surface area contributed by atoms with Crippen LogP contribution in [0.1, 0.15) is 181 Å². The van der Waals surface area contributed by atoms with E-state index in [4.69, 9.17) is 28.0 Å². The van der Waals surface area contributed by atoms with E-state index >= 15 is 0 Å². The molecular weight excluding hydrogens is 826 g/mol. The van der Waals surface area contributed by atoms with E-state index < -0.39 is 63.7 Å². The number of halogens is 2. The Bertz CT molecular complexity index is 1060. The normalized spacial score (nSPS) is 13.0. The number of carbonyl (C=O) groups excluding carboxylic acids is 4. The predicted molar refractivity (Wildman–Crippen MR) is 237 cm³/mol. The zero-order valence-electron chi connectivity index (χ0n) is 37.0. The quantitative estimate of drug-likeness (QED) is 0.0228. The number of phosphoric acid groups is 1. The van der Waals surface area contributed by atoms with Crippen LogP contribution in [-0.4, -0.2) is 94.6 Å². The molecule has 352 valence electrons. The largest absolute Gasteiger partial charge is 0.472 e. The van der Waals surface area contributed by atoms with Gasteiger partial charge in [0, 0.05) is 25.9 Å². The van der Waals surface area contributed by atoms with E-state index in [1.807, 2.05) is 0 Å². The molecule has 0 amide bonds. The van der Waals surface area contributed by atoms with Gasteiger partial charge in [0.1, 0.15) is 13.2 Å². The number of phosphoric ester groups is 1. The van der Waals surface area contributed by atoms with Crippen LogP contribution in [0.4, 0.5) is 0 Å². The van der Waals surface area contributed by atoms with Gasteiger partial charge in [-0.3, -0.25) is 28.2 Å². The third-order valence-corrected chi connectivity index (χ3v) is 10.4. The highest BCUT2D eigenvalue weighted by atomic mass is 35.5. The molecular formula is C42H83Cl2N2O12P. The van der Waals surface area contributed by atoms with Crippen LogP contribution in [0.15, 0.2) is 0 Å². The Labute approximate surface area is 369 Å². The number of nitrogens with one attached hydrogen (secondary N) is 2. The molecule has 0 aliphatic heterocycles. The first-order chi connectivity index (χ1) is 27.6. The van der Waals surface area contributed by atoms with E-state index in [1.54, 1.807) is 14.1 Å². The number of carbonyl (C=O) groups is 4. The van der Waals surface area contributed by atoms with Gasteiger partial charge in [0.25, 0.3) is 0 Å². The van der Waals surface area contributed by atoms with Gasteiger partial charge < -0.3 is 34.5 Å². The zero-order valence-corrected chi connectivity index (χ0v) is 39.5. The summed E-state index contributed by atoms with van der Waals surface area (Å²) in [6.45, 7) is 3.19. The summed E-state index contributed by atoms with van der Waals surface area (Å²) >= 11 is 0. The minimum atomic E-state index is -4.80. The zero-order chi connectivity index (χ0) is 42.2. The number of hydrogen-bond donors (Lipinski definition) is 3. The molecule has 0 radical (unpaired) electrons. The van der Waals surface area contributed by atoms with E-state index in [2.05, 4.69) is 24.5 Å². The molecule has 17 heteroatoms. The molecule has 2 unspecified atom stereocenters. The van der Waals surface area contributed by atoms with Gasteiger partial charge in [0.15, 0.2) is 12.2 Å². The summed E-state index contributed by atoms with van der Waals surface area (Å²) in [5.41, 5.74) is 0. The first kappa shape index (κ1) is 61.8. The van der Waals surface area contributed by atoms with E-state index in [9.17, 15) is 28.6 Å². The average molecular weight is 910 g/mol. The molecule has 14 nitrogen and oxygen atoms in total. The van der Waals surface area contributed by atoms with Gasteiger partial charge >= 0.3 is 31.7 Å². The van der Waals surface area contributed by atoms with Crippen molar-refractivity contribution < 1.29 is 56.6 Å². The number of ether oxygens (including phenoxy) is 4. The molecule has 0 fully saturated rings. The minimum absolute atomic E-state index is 0. The Morgan fingerprint density at radius 2 is 0.746 bits per heavy atom. The third kappa shape index (κ3) is 43.0. The fourth-order valence-corrected chi connectivity index (χ4v) is 6.74. The molecule has 3 atom stereocenters. The Hall–Kier alpha value is -1.51. The molecule has 0 aromatic rings. The third-order valence-electron chi connectivity index (χ3n) is 9.43. The molecule has 0 aliphatic carbocycles. The lowest BCUT2D eigenvalue weighted by Crippen LogP contribution is -2.31. The molecule has 0 bridgehead atoms. The average Bonchev–Trinajstić information content (AvgIpc) is 3.19. The van der Waals surface area contributed by atoms with Crippen molar-refractivity contribution >= 4 is 56.5 Å². The highest BCUT2D eigenvalue weighted by Crippen LogP contribution is 2.43. The lowest BCUT2D eigenvalue weighted by atomic mass is 10.1. The van der Waals surface area contributed by atoms with Crippen LogP contribution in [-0.2, 0) is 51.7 Å². The fourth-order valence-electron chi connectivity index (χ4n) is 5.95. The van der Waals surface area contributed by atoms with Gasteiger partial charge in [-0.2, -0.15) is 0 Å². The Kier molecular flexibility index (Phi) is 46.6. The van der Waals surface area contributed by atoms with Crippen LogP contribution in [0.2, 0.25) is 0 Å². The molecule has 0 spiro atoms. The maximum atomic E-state index is 12.9. The van der Waals surface area contributed by atoms with Crippen molar-refractivity contribution in [2.24, 2.45) is 0 Å². The van der Waals surface area contributed by atoms with Crippen molar-refractivity contribution in [2.75, 3.05) is 53.6 Å². The summed E-state index contributed by atoms with van der Waals surface area (Å²) in [7, 11) is -1.45. The van der Waals surface area contributed by atoms with Gasteiger partial charge in [0.2, 0.25) is 0 Å². The fraction of sp³-hybridized carbons (Fsp3) is 0.905. The standard InChI is InChI=1S/C42H81N2O12P.2ClH/c1-5-7-9-11-13-15-17-19-21-23-25-27-39(45)51-33-37(55-41(47)28-26-24-22-20-18-16-14-12-10-8-6-2)35-53-57(49,50)54-36-38(56-42(48)30-32-44-4)34-52-40(46)29-31-43-3;;/h37-38,43-44H,5-36H2,1-4H3,(H,49,50);2*1H/t37-,38?;;/m1../s1. The van der Waals surface area contributed by atoms with E-state index in [0.29, 0.717) is 25.9 Å². The second-order valence-electron chi connectivity index (χ2n) is 14.9.